The molecule has 0 saturated heterocycles. The Labute approximate surface area is 178 Å². The summed E-state index contributed by atoms with van der Waals surface area (Å²) in [7, 11) is 0. The molecule has 2 aromatic carbocycles. The van der Waals surface area contributed by atoms with E-state index in [-0.39, 0.29) is 23.0 Å². The average molecular weight is 416 g/mol. The molecule has 148 valence electrons. The molecule has 1 N–H and O–H groups in total. The highest BCUT2D eigenvalue weighted by molar-refractivity contribution is 6.32. The smallest absolute Gasteiger partial charge is 0.265 e. The summed E-state index contributed by atoms with van der Waals surface area (Å²) >= 11 is 6.37. The van der Waals surface area contributed by atoms with E-state index < -0.39 is 0 Å². The molecule has 6 heteroatoms. The first-order chi connectivity index (χ1) is 14.6. The Morgan fingerprint density at radius 1 is 1.00 bits per heavy atom. The summed E-state index contributed by atoms with van der Waals surface area (Å²) in [4.78, 5) is 22.1. The first kappa shape index (κ1) is 18.6. The minimum absolute atomic E-state index is 0.213. The van der Waals surface area contributed by atoms with Gasteiger partial charge in [-0.25, -0.2) is 4.98 Å². The molecule has 0 saturated carbocycles. The lowest BCUT2D eigenvalue weighted by Crippen LogP contribution is -2.26. The third-order valence-corrected chi connectivity index (χ3v) is 5.82. The number of aromatic hydroxyl groups is 1. The number of fused-ring (bicyclic) bond motifs is 1. The lowest BCUT2D eigenvalue weighted by Gasteiger charge is -2.17. The van der Waals surface area contributed by atoms with Gasteiger partial charge in [0.15, 0.2) is 0 Å². The molecular weight excluding hydrogens is 398 g/mol. The minimum atomic E-state index is -0.248. The molecule has 1 unspecified atom stereocenters. The molecule has 1 aliphatic rings. The molecule has 3 heterocycles. The van der Waals surface area contributed by atoms with Gasteiger partial charge in [-0.15, -0.1) is 0 Å². The number of halogens is 1. The van der Waals surface area contributed by atoms with Crippen LogP contribution in [-0.2, 0) is 6.42 Å². The fourth-order valence-electron chi connectivity index (χ4n) is 4.10. The highest BCUT2D eigenvalue weighted by atomic mass is 35.5. The second-order valence-electron chi connectivity index (χ2n) is 7.30. The van der Waals surface area contributed by atoms with E-state index in [1.165, 1.54) is 0 Å². The van der Waals surface area contributed by atoms with E-state index >= 15 is 0 Å². The second-order valence-corrected chi connectivity index (χ2v) is 7.65. The third-order valence-electron chi connectivity index (χ3n) is 5.51. The van der Waals surface area contributed by atoms with Gasteiger partial charge in [-0.1, -0.05) is 72.3 Å². The lowest BCUT2D eigenvalue weighted by molar-refractivity contribution is 0.446. The van der Waals surface area contributed by atoms with Gasteiger partial charge < -0.3 is 5.11 Å². The molecular formula is C24H18ClN3O2. The highest BCUT2D eigenvalue weighted by Gasteiger charge is 2.30. The number of benzene rings is 2. The zero-order valence-corrected chi connectivity index (χ0v) is 16.8. The Morgan fingerprint density at radius 3 is 2.37 bits per heavy atom. The van der Waals surface area contributed by atoms with Crippen LogP contribution in [0.3, 0.4) is 0 Å². The molecule has 1 atom stereocenters. The van der Waals surface area contributed by atoms with Crippen LogP contribution in [0.15, 0.2) is 77.7 Å². The topological polar surface area (TPSA) is 68.0 Å². The summed E-state index contributed by atoms with van der Waals surface area (Å²) in [5.74, 6) is 0.357. The standard InChI is InChI=1S/C24H18ClN3O2/c25-22-18(15-7-3-1-4-8-15)13-17(14-26-22)19-11-12-20-27-23(29)21(24(30)28(19)20)16-9-5-2-6-10-16/h1-10,13-14,19,29H,11-12H2. The largest absolute Gasteiger partial charge is 0.493 e. The van der Waals surface area contributed by atoms with Gasteiger partial charge in [0.05, 0.1) is 6.04 Å². The van der Waals surface area contributed by atoms with Crippen molar-refractivity contribution < 1.29 is 5.11 Å². The summed E-state index contributed by atoms with van der Waals surface area (Å²) < 4.78 is 1.68. The van der Waals surface area contributed by atoms with Gasteiger partial charge in [0, 0.05) is 18.2 Å². The van der Waals surface area contributed by atoms with Crippen molar-refractivity contribution in [2.24, 2.45) is 0 Å². The Morgan fingerprint density at radius 2 is 1.67 bits per heavy atom. The summed E-state index contributed by atoms with van der Waals surface area (Å²) in [6.45, 7) is 0. The van der Waals surface area contributed by atoms with E-state index in [1.54, 1.807) is 22.9 Å². The first-order valence-electron chi connectivity index (χ1n) is 9.74. The monoisotopic (exact) mass is 415 g/mol. The predicted octanol–water partition coefficient (Wildman–Crippen LogP) is 4.87. The third kappa shape index (κ3) is 3.08. The van der Waals surface area contributed by atoms with Gasteiger partial charge in [0.2, 0.25) is 5.88 Å². The van der Waals surface area contributed by atoms with Crippen LogP contribution in [0.1, 0.15) is 23.9 Å². The summed E-state index contributed by atoms with van der Waals surface area (Å²) in [5.41, 5.74) is 3.31. The maximum absolute atomic E-state index is 13.4. The van der Waals surface area contributed by atoms with Crippen LogP contribution in [-0.4, -0.2) is 19.6 Å². The van der Waals surface area contributed by atoms with E-state index in [1.807, 2.05) is 54.6 Å². The molecule has 1 aliphatic heterocycles. The average Bonchev–Trinajstić information content (AvgIpc) is 3.19. The van der Waals surface area contributed by atoms with Crippen molar-refractivity contribution in [3.63, 3.8) is 0 Å². The number of rotatable bonds is 3. The molecule has 0 spiro atoms. The van der Waals surface area contributed by atoms with Gasteiger partial charge in [0.1, 0.15) is 16.5 Å². The molecule has 0 radical (unpaired) electrons. The van der Waals surface area contributed by atoms with E-state index in [0.717, 1.165) is 16.7 Å². The van der Waals surface area contributed by atoms with Crippen molar-refractivity contribution in [3.05, 3.63) is 99.8 Å². The Kier molecular flexibility index (Phi) is 4.60. The molecule has 0 amide bonds. The van der Waals surface area contributed by atoms with Crippen LogP contribution in [0.4, 0.5) is 0 Å². The van der Waals surface area contributed by atoms with Gasteiger partial charge in [-0.3, -0.25) is 9.36 Å². The molecule has 0 bridgehead atoms. The number of nitrogens with zero attached hydrogens (tertiary/aromatic N) is 3. The van der Waals surface area contributed by atoms with Crippen LogP contribution in [0.2, 0.25) is 5.15 Å². The predicted molar refractivity (Wildman–Crippen MR) is 117 cm³/mol. The van der Waals surface area contributed by atoms with Crippen LogP contribution >= 0.6 is 11.6 Å². The molecule has 4 aromatic rings. The summed E-state index contributed by atoms with van der Waals surface area (Å²) in [6, 6.07) is 20.7. The van der Waals surface area contributed by atoms with Crippen molar-refractivity contribution >= 4 is 11.6 Å². The van der Waals surface area contributed by atoms with Crippen LogP contribution in [0.25, 0.3) is 22.3 Å². The Bertz CT molecular complexity index is 1290. The first-order valence-corrected chi connectivity index (χ1v) is 10.1. The number of aryl methyl sites for hydroxylation is 1. The quantitative estimate of drug-likeness (QED) is 0.485. The SMILES string of the molecule is O=c1c(-c2ccccc2)c(O)nc2n1C(c1cnc(Cl)c(-c3ccccc3)c1)CC2. The van der Waals surface area contributed by atoms with Crippen molar-refractivity contribution in [2.45, 2.75) is 18.9 Å². The molecule has 0 aliphatic carbocycles. The normalized spacial score (nSPS) is 15.2. The van der Waals surface area contributed by atoms with Gasteiger partial charge in [-0.2, -0.15) is 4.98 Å². The van der Waals surface area contributed by atoms with E-state index in [2.05, 4.69) is 9.97 Å². The fraction of sp³-hybridized carbons (Fsp3) is 0.125. The van der Waals surface area contributed by atoms with Crippen LogP contribution in [0, 0.1) is 0 Å². The minimum Gasteiger partial charge on any atom is -0.493 e. The Balaban J connectivity index is 1.65. The lowest BCUT2D eigenvalue weighted by atomic mass is 10.0. The Hall–Kier alpha value is -3.44. The number of aromatic nitrogens is 3. The molecule has 2 aromatic heterocycles. The highest BCUT2D eigenvalue weighted by Crippen LogP contribution is 2.36. The van der Waals surface area contributed by atoms with Crippen molar-refractivity contribution in [3.8, 4) is 28.1 Å². The van der Waals surface area contributed by atoms with Gasteiger partial charge in [0.25, 0.3) is 5.56 Å². The number of hydrogen-bond donors (Lipinski definition) is 1. The fourth-order valence-corrected chi connectivity index (χ4v) is 4.31. The number of hydrogen-bond acceptors (Lipinski definition) is 4. The molecule has 5 nitrogen and oxygen atoms in total. The van der Waals surface area contributed by atoms with Crippen LogP contribution < -0.4 is 5.56 Å². The van der Waals surface area contributed by atoms with Crippen molar-refractivity contribution in [2.75, 3.05) is 0 Å². The zero-order valence-electron chi connectivity index (χ0n) is 16.0. The summed E-state index contributed by atoms with van der Waals surface area (Å²) in [6.07, 6.45) is 3.03. The molecule has 30 heavy (non-hydrogen) atoms. The summed E-state index contributed by atoms with van der Waals surface area (Å²) in [5, 5.41) is 10.9. The van der Waals surface area contributed by atoms with E-state index in [0.29, 0.717) is 29.4 Å². The zero-order chi connectivity index (χ0) is 20.7. The van der Waals surface area contributed by atoms with E-state index in [9.17, 15) is 9.90 Å². The maximum atomic E-state index is 13.4. The second kappa shape index (κ2) is 7.43. The van der Waals surface area contributed by atoms with Crippen molar-refractivity contribution in [1.82, 2.24) is 14.5 Å². The van der Waals surface area contributed by atoms with E-state index in [4.69, 9.17) is 11.6 Å². The molecule has 5 rings (SSSR count). The number of pyridine rings is 1. The van der Waals surface area contributed by atoms with Crippen molar-refractivity contribution in [1.29, 1.82) is 0 Å². The molecule has 0 fully saturated rings. The van der Waals surface area contributed by atoms with Gasteiger partial charge in [-0.05, 0) is 29.2 Å². The van der Waals surface area contributed by atoms with Crippen LogP contribution in [0.5, 0.6) is 5.88 Å². The van der Waals surface area contributed by atoms with Gasteiger partial charge >= 0.3 is 0 Å². The maximum Gasteiger partial charge on any atom is 0.265 e.